The average Bonchev–Trinajstić information content (AvgIpc) is 2.29. The van der Waals surface area contributed by atoms with Gasteiger partial charge >= 0.3 is 0 Å². The second-order valence-electron chi connectivity index (χ2n) is 4.50. The van der Waals surface area contributed by atoms with E-state index in [-0.39, 0.29) is 0 Å². The van der Waals surface area contributed by atoms with Crippen LogP contribution in [0.4, 0.5) is 0 Å². The van der Waals surface area contributed by atoms with Gasteiger partial charge in [-0.05, 0) is 29.4 Å². The van der Waals surface area contributed by atoms with Gasteiger partial charge in [0.1, 0.15) is 0 Å². The molecule has 0 aliphatic heterocycles. The monoisotopic (exact) mass is 228 g/mol. The van der Waals surface area contributed by atoms with E-state index < -0.39 is 8.32 Å². The topological polar surface area (TPSA) is 20.2 Å². The zero-order valence-electron chi connectivity index (χ0n) is 9.64. The molecule has 0 fully saturated rings. The average molecular weight is 228 g/mol. The van der Waals surface area contributed by atoms with E-state index in [1.54, 1.807) is 0 Å². The van der Waals surface area contributed by atoms with Gasteiger partial charge in [-0.2, -0.15) is 0 Å². The first-order chi connectivity index (χ1) is 7.57. The fourth-order valence-corrected chi connectivity index (χ4v) is 2.68. The molecule has 0 bridgehead atoms. The molecule has 0 aliphatic carbocycles. The summed E-state index contributed by atoms with van der Waals surface area (Å²) >= 11 is 0. The van der Waals surface area contributed by atoms with E-state index in [1.807, 2.05) is 43.4 Å². The van der Waals surface area contributed by atoms with Gasteiger partial charge < -0.3 is 4.80 Å². The van der Waals surface area contributed by atoms with Crippen LogP contribution in [0.1, 0.15) is 0 Å². The molecule has 0 saturated heterocycles. The van der Waals surface area contributed by atoms with Crippen LogP contribution in [0, 0.1) is 0 Å². The molecule has 0 spiro atoms. The third-order valence-electron chi connectivity index (χ3n) is 2.70. The van der Waals surface area contributed by atoms with Gasteiger partial charge in [0.2, 0.25) is 8.32 Å². The van der Waals surface area contributed by atoms with Crippen LogP contribution in [0.15, 0.2) is 54.6 Å². The first-order valence-corrected chi connectivity index (χ1v) is 8.40. The van der Waals surface area contributed by atoms with Crippen LogP contribution < -0.4 is 5.19 Å². The summed E-state index contributed by atoms with van der Waals surface area (Å²) in [5.41, 5.74) is 2.41. The van der Waals surface area contributed by atoms with E-state index in [1.165, 1.54) is 11.1 Å². The highest BCUT2D eigenvalue weighted by Crippen LogP contribution is 2.17. The summed E-state index contributed by atoms with van der Waals surface area (Å²) in [4.78, 5) is 9.99. The second-order valence-corrected chi connectivity index (χ2v) is 8.20. The quantitative estimate of drug-likeness (QED) is 0.784. The maximum absolute atomic E-state index is 9.99. The zero-order valence-corrected chi connectivity index (χ0v) is 10.6. The summed E-state index contributed by atoms with van der Waals surface area (Å²) < 4.78 is 0. The Balaban J connectivity index is 2.34. The van der Waals surface area contributed by atoms with Crippen LogP contribution in [0.5, 0.6) is 0 Å². The summed E-state index contributed by atoms with van der Waals surface area (Å²) in [6.07, 6.45) is 0. The van der Waals surface area contributed by atoms with Crippen LogP contribution in [-0.4, -0.2) is 13.1 Å². The fourth-order valence-electron chi connectivity index (χ4n) is 1.70. The van der Waals surface area contributed by atoms with Crippen molar-refractivity contribution < 1.29 is 4.80 Å². The lowest BCUT2D eigenvalue weighted by Gasteiger charge is -2.14. The number of rotatable bonds is 2. The van der Waals surface area contributed by atoms with Gasteiger partial charge in [-0.15, -0.1) is 0 Å². The van der Waals surface area contributed by atoms with E-state index in [4.69, 9.17) is 0 Å². The van der Waals surface area contributed by atoms with Crippen molar-refractivity contribution in [1.29, 1.82) is 0 Å². The van der Waals surface area contributed by atoms with Crippen LogP contribution in [0.2, 0.25) is 13.1 Å². The SMILES string of the molecule is C[Si](C)(O)c1ccc(-c2ccccc2)cc1. The van der Waals surface area contributed by atoms with Crippen molar-refractivity contribution in [3.05, 3.63) is 54.6 Å². The minimum Gasteiger partial charge on any atom is -0.428 e. The largest absolute Gasteiger partial charge is 0.428 e. The van der Waals surface area contributed by atoms with Gasteiger partial charge in [0.05, 0.1) is 0 Å². The normalized spacial score (nSPS) is 11.4. The second kappa shape index (κ2) is 4.24. The molecule has 16 heavy (non-hydrogen) atoms. The van der Waals surface area contributed by atoms with Gasteiger partial charge in [-0.25, -0.2) is 0 Å². The van der Waals surface area contributed by atoms with Crippen LogP contribution >= 0.6 is 0 Å². The van der Waals surface area contributed by atoms with E-state index in [0.29, 0.717) is 0 Å². The molecule has 2 aromatic carbocycles. The molecule has 0 radical (unpaired) electrons. The summed E-state index contributed by atoms with van der Waals surface area (Å²) in [7, 11) is -2.16. The zero-order chi connectivity index (χ0) is 11.6. The first-order valence-electron chi connectivity index (χ1n) is 5.46. The smallest absolute Gasteiger partial charge is 0.213 e. The van der Waals surface area contributed by atoms with Crippen LogP contribution in [-0.2, 0) is 0 Å². The molecule has 82 valence electrons. The Morgan fingerprint density at radius 3 is 1.75 bits per heavy atom. The van der Waals surface area contributed by atoms with Gasteiger partial charge in [0.25, 0.3) is 0 Å². The van der Waals surface area contributed by atoms with Crippen LogP contribution in [0.3, 0.4) is 0 Å². The Hall–Kier alpha value is -1.38. The molecular weight excluding hydrogens is 212 g/mol. The van der Waals surface area contributed by atoms with Gasteiger partial charge in [0.15, 0.2) is 0 Å². The Morgan fingerprint density at radius 1 is 0.750 bits per heavy atom. The van der Waals surface area contributed by atoms with E-state index in [0.717, 1.165) is 5.19 Å². The van der Waals surface area contributed by atoms with E-state index in [9.17, 15) is 4.80 Å². The predicted molar refractivity (Wildman–Crippen MR) is 71.2 cm³/mol. The van der Waals surface area contributed by atoms with Gasteiger partial charge in [-0.3, -0.25) is 0 Å². The lowest BCUT2D eigenvalue weighted by atomic mass is 10.1. The molecule has 1 N–H and O–H groups in total. The maximum Gasteiger partial charge on any atom is 0.213 e. The van der Waals surface area contributed by atoms with Crippen molar-refractivity contribution in [3.8, 4) is 11.1 Å². The molecule has 0 atom stereocenters. The van der Waals surface area contributed by atoms with Crippen LogP contribution in [0.25, 0.3) is 11.1 Å². The highest BCUT2D eigenvalue weighted by Gasteiger charge is 2.19. The number of benzene rings is 2. The van der Waals surface area contributed by atoms with Crippen molar-refractivity contribution in [2.24, 2.45) is 0 Å². The Kier molecular flexibility index (Phi) is 2.94. The minimum atomic E-state index is -2.16. The van der Waals surface area contributed by atoms with Crippen molar-refractivity contribution >= 4 is 13.5 Å². The standard InChI is InChI=1S/C14H16OSi/c1-16(2,15)14-10-8-13(9-11-14)12-6-4-3-5-7-12/h3-11,15H,1-2H3. The van der Waals surface area contributed by atoms with Crippen molar-refractivity contribution in [2.45, 2.75) is 13.1 Å². The molecule has 1 nitrogen and oxygen atoms in total. The number of hydrogen-bond donors (Lipinski definition) is 1. The lowest BCUT2D eigenvalue weighted by Crippen LogP contribution is -2.41. The molecule has 2 rings (SSSR count). The van der Waals surface area contributed by atoms with Crippen molar-refractivity contribution in [2.75, 3.05) is 0 Å². The highest BCUT2D eigenvalue weighted by atomic mass is 28.4. The molecule has 0 saturated carbocycles. The number of hydrogen-bond acceptors (Lipinski definition) is 1. The van der Waals surface area contributed by atoms with Gasteiger partial charge in [0, 0.05) is 0 Å². The molecule has 2 heteroatoms. The third kappa shape index (κ3) is 2.40. The lowest BCUT2D eigenvalue weighted by molar-refractivity contribution is 0.568. The summed E-state index contributed by atoms with van der Waals surface area (Å²) in [6.45, 7) is 3.87. The van der Waals surface area contributed by atoms with E-state index in [2.05, 4.69) is 24.3 Å². The molecule has 0 heterocycles. The molecular formula is C14H16OSi. The summed E-state index contributed by atoms with van der Waals surface area (Å²) in [5, 5.41) is 1.08. The highest BCUT2D eigenvalue weighted by molar-refractivity contribution is 6.83. The van der Waals surface area contributed by atoms with Gasteiger partial charge in [-0.1, -0.05) is 54.6 Å². The molecule has 0 aliphatic rings. The molecule has 0 aromatic heterocycles. The first kappa shape index (κ1) is 11.1. The Morgan fingerprint density at radius 2 is 1.25 bits per heavy atom. The summed E-state index contributed by atoms with van der Waals surface area (Å²) in [5.74, 6) is 0. The Labute approximate surface area is 97.5 Å². The predicted octanol–water partition coefficient (Wildman–Crippen LogP) is 2.76. The molecule has 0 amide bonds. The minimum absolute atomic E-state index is 1.08. The third-order valence-corrected chi connectivity index (χ3v) is 4.44. The summed E-state index contributed by atoms with van der Waals surface area (Å²) in [6, 6.07) is 18.5. The maximum atomic E-state index is 9.99. The molecule has 0 unspecified atom stereocenters. The van der Waals surface area contributed by atoms with E-state index >= 15 is 0 Å². The van der Waals surface area contributed by atoms with Crippen molar-refractivity contribution in [3.63, 3.8) is 0 Å². The molecule has 2 aromatic rings. The van der Waals surface area contributed by atoms with Crippen molar-refractivity contribution in [1.82, 2.24) is 0 Å². The fraction of sp³-hybridized carbons (Fsp3) is 0.143. The Bertz CT molecular complexity index is 454.